The summed E-state index contributed by atoms with van der Waals surface area (Å²) in [5.41, 5.74) is 6.47. The Kier molecular flexibility index (Phi) is 4.12. The number of nitrogens with two attached hydrogens (primary N) is 1. The summed E-state index contributed by atoms with van der Waals surface area (Å²) < 4.78 is 0. The molecule has 0 saturated carbocycles. The number of hydrogen-bond donors (Lipinski definition) is 2. The minimum atomic E-state index is -0.247. The van der Waals surface area contributed by atoms with Crippen LogP contribution in [0.15, 0.2) is 30.3 Å². The molecule has 4 heteroatoms. The first kappa shape index (κ1) is 12.0. The van der Waals surface area contributed by atoms with E-state index in [0.29, 0.717) is 0 Å². The fraction of sp³-hybridized carbons (Fsp3) is 0.364. The predicted octanol–water partition coefficient (Wildman–Crippen LogP) is 1.39. The number of nitrogens with one attached hydrogen (secondary N) is 1. The zero-order valence-corrected chi connectivity index (χ0v) is 9.17. The molecule has 1 aromatic carbocycles. The van der Waals surface area contributed by atoms with Crippen molar-refractivity contribution in [3.05, 3.63) is 35.9 Å². The van der Waals surface area contributed by atoms with Gasteiger partial charge in [0.1, 0.15) is 0 Å². The number of primary amides is 1. The highest BCUT2D eigenvalue weighted by Crippen LogP contribution is 2.25. The van der Waals surface area contributed by atoms with Crippen molar-refractivity contribution in [2.45, 2.75) is 24.9 Å². The zero-order chi connectivity index (χ0) is 9.97. The summed E-state index contributed by atoms with van der Waals surface area (Å²) >= 11 is 0. The fourth-order valence-corrected chi connectivity index (χ4v) is 1.92. The van der Waals surface area contributed by atoms with E-state index in [1.54, 1.807) is 0 Å². The molecule has 15 heavy (non-hydrogen) atoms. The zero-order valence-electron chi connectivity index (χ0n) is 8.35. The van der Waals surface area contributed by atoms with Crippen LogP contribution in [0.5, 0.6) is 0 Å². The lowest BCUT2D eigenvalue weighted by Gasteiger charge is -2.12. The minimum absolute atomic E-state index is 0. The van der Waals surface area contributed by atoms with Gasteiger partial charge in [0.25, 0.3) is 0 Å². The molecule has 2 atom stereocenters. The second-order valence-electron chi connectivity index (χ2n) is 3.66. The Labute approximate surface area is 95.5 Å². The normalized spacial score (nSPS) is 24.5. The molecular formula is C11H15ClN2O. The van der Waals surface area contributed by atoms with Crippen molar-refractivity contribution in [1.82, 2.24) is 5.32 Å². The van der Waals surface area contributed by atoms with Crippen molar-refractivity contribution in [2.24, 2.45) is 5.73 Å². The van der Waals surface area contributed by atoms with Crippen LogP contribution >= 0.6 is 12.4 Å². The van der Waals surface area contributed by atoms with Gasteiger partial charge in [-0.3, -0.25) is 10.1 Å². The van der Waals surface area contributed by atoms with Crippen LogP contribution in [0.25, 0.3) is 0 Å². The van der Waals surface area contributed by atoms with Gasteiger partial charge >= 0.3 is 0 Å². The van der Waals surface area contributed by atoms with E-state index in [1.165, 1.54) is 5.56 Å². The summed E-state index contributed by atoms with van der Waals surface area (Å²) in [4.78, 5) is 10.9. The topological polar surface area (TPSA) is 55.1 Å². The predicted molar refractivity (Wildman–Crippen MR) is 61.8 cm³/mol. The van der Waals surface area contributed by atoms with Gasteiger partial charge in [0.05, 0.1) is 6.04 Å². The van der Waals surface area contributed by atoms with Gasteiger partial charge in [0.2, 0.25) is 5.91 Å². The number of amides is 1. The molecule has 2 rings (SSSR count). The molecule has 3 N–H and O–H groups in total. The number of carbonyl (C=O) groups excluding carboxylic acids is 1. The molecule has 1 aromatic rings. The van der Waals surface area contributed by atoms with Gasteiger partial charge in [-0.15, -0.1) is 12.4 Å². The first-order valence-corrected chi connectivity index (χ1v) is 4.87. The largest absolute Gasteiger partial charge is 0.368 e. The van der Waals surface area contributed by atoms with Gasteiger partial charge in [-0.05, 0) is 18.4 Å². The molecule has 0 aliphatic carbocycles. The van der Waals surface area contributed by atoms with Crippen molar-refractivity contribution in [3.8, 4) is 0 Å². The maximum absolute atomic E-state index is 10.9. The number of carbonyl (C=O) groups is 1. The van der Waals surface area contributed by atoms with E-state index in [1.807, 2.05) is 18.2 Å². The smallest absolute Gasteiger partial charge is 0.234 e. The second-order valence-corrected chi connectivity index (χ2v) is 3.66. The lowest BCUT2D eigenvalue weighted by atomic mass is 10.1. The number of hydrogen-bond acceptors (Lipinski definition) is 2. The van der Waals surface area contributed by atoms with Crippen LogP contribution in [0.4, 0.5) is 0 Å². The fourth-order valence-electron chi connectivity index (χ4n) is 1.92. The van der Waals surface area contributed by atoms with Gasteiger partial charge in [0.15, 0.2) is 0 Å². The average Bonchev–Trinajstić information content (AvgIpc) is 2.68. The first-order valence-electron chi connectivity index (χ1n) is 4.87. The maximum Gasteiger partial charge on any atom is 0.234 e. The Morgan fingerprint density at radius 1 is 1.27 bits per heavy atom. The summed E-state index contributed by atoms with van der Waals surface area (Å²) in [6.07, 6.45) is 1.83. The quantitative estimate of drug-likeness (QED) is 0.801. The van der Waals surface area contributed by atoms with E-state index in [-0.39, 0.29) is 30.4 Å². The molecule has 1 saturated heterocycles. The second kappa shape index (κ2) is 5.14. The Morgan fingerprint density at radius 3 is 2.47 bits per heavy atom. The molecule has 1 heterocycles. The molecule has 2 unspecified atom stereocenters. The van der Waals surface area contributed by atoms with E-state index >= 15 is 0 Å². The highest BCUT2D eigenvalue weighted by atomic mass is 35.5. The molecule has 0 aromatic heterocycles. The van der Waals surface area contributed by atoms with Crippen LogP contribution in [0.3, 0.4) is 0 Å². The van der Waals surface area contributed by atoms with Crippen LogP contribution in [-0.2, 0) is 4.79 Å². The van der Waals surface area contributed by atoms with Gasteiger partial charge in [-0.2, -0.15) is 0 Å². The Hall–Kier alpha value is -1.06. The van der Waals surface area contributed by atoms with Gasteiger partial charge in [-0.1, -0.05) is 30.3 Å². The molecule has 1 amide bonds. The van der Waals surface area contributed by atoms with Gasteiger partial charge in [-0.25, -0.2) is 0 Å². The first-order chi connectivity index (χ1) is 6.77. The standard InChI is InChI=1S/C11H14N2O.ClH/c12-11(14)10-7-6-9(13-10)8-4-2-1-3-5-8;/h1-5,9-10,13H,6-7H2,(H2,12,14);1H. The molecule has 1 aliphatic heterocycles. The third kappa shape index (κ3) is 2.70. The van der Waals surface area contributed by atoms with E-state index in [2.05, 4.69) is 17.4 Å². The van der Waals surface area contributed by atoms with Crippen LogP contribution < -0.4 is 11.1 Å². The monoisotopic (exact) mass is 226 g/mol. The van der Waals surface area contributed by atoms with Gasteiger partial charge < -0.3 is 5.73 Å². The lowest BCUT2D eigenvalue weighted by molar-refractivity contribution is -0.119. The van der Waals surface area contributed by atoms with Crippen LogP contribution in [0.1, 0.15) is 24.4 Å². The van der Waals surface area contributed by atoms with Crippen molar-refractivity contribution < 1.29 is 4.79 Å². The van der Waals surface area contributed by atoms with Gasteiger partial charge in [0, 0.05) is 6.04 Å². The lowest BCUT2D eigenvalue weighted by Crippen LogP contribution is -2.37. The summed E-state index contributed by atoms with van der Waals surface area (Å²) in [6, 6.07) is 10.3. The summed E-state index contributed by atoms with van der Waals surface area (Å²) in [6.45, 7) is 0. The van der Waals surface area contributed by atoms with Crippen molar-refractivity contribution >= 4 is 18.3 Å². The van der Waals surface area contributed by atoms with Crippen molar-refractivity contribution in [2.75, 3.05) is 0 Å². The summed E-state index contributed by atoms with van der Waals surface area (Å²) in [5.74, 6) is -0.247. The van der Waals surface area contributed by atoms with E-state index in [0.717, 1.165) is 12.8 Å². The van der Waals surface area contributed by atoms with Crippen LogP contribution in [0, 0.1) is 0 Å². The van der Waals surface area contributed by atoms with Crippen molar-refractivity contribution in [1.29, 1.82) is 0 Å². The third-order valence-electron chi connectivity index (χ3n) is 2.69. The molecule has 82 valence electrons. The molecule has 1 fully saturated rings. The highest BCUT2D eigenvalue weighted by Gasteiger charge is 2.27. The number of halogens is 1. The van der Waals surface area contributed by atoms with Crippen LogP contribution in [0.2, 0.25) is 0 Å². The molecule has 1 aliphatic rings. The highest BCUT2D eigenvalue weighted by molar-refractivity contribution is 5.85. The molecule has 0 radical (unpaired) electrons. The molecular weight excluding hydrogens is 212 g/mol. The Morgan fingerprint density at radius 2 is 1.93 bits per heavy atom. The maximum atomic E-state index is 10.9. The molecule has 3 nitrogen and oxygen atoms in total. The minimum Gasteiger partial charge on any atom is -0.368 e. The molecule has 0 spiro atoms. The number of benzene rings is 1. The Bertz CT molecular complexity index is 329. The number of rotatable bonds is 2. The Balaban J connectivity index is 0.00000112. The third-order valence-corrected chi connectivity index (χ3v) is 2.69. The van der Waals surface area contributed by atoms with Crippen molar-refractivity contribution in [3.63, 3.8) is 0 Å². The SMILES string of the molecule is Cl.NC(=O)C1CCC(c2ccccc2)N1. The molecule has 0 bridgehead atoms. The summed E-state index contributed by atoms with van der Waals surface area (Å²) in [7, 11) is 0. The summed E-state index contributed by atoms with van der Waals surface area (Å²) in [5, 5.41) is 3.23. The average molecular weight is 227 g/mol. The van der Waals surface area contributed by atoms with Crippen LogP contribution in [-0.4, -0.2) is 11.9 Å². The van der Waals surface area contributed by atoms with E-state index in [9.17, 15) is 4.79 Å². The van der Waals surface area contributed by atoms with E-state index in [4.69, 9.17) is 5.73 Å². The van der Waals surface area contributed by atoms with E-state index < -0.39 is 0 Å².